The molecule has 0 aromatic heterocycles. The number of halogens is 1. The molecule has 0 unspecified atom stereocenters. The van der Waals surface area contributed by atoms with E-state index in [1.807, 2.05) is 0 Å². The van der Waals surface area contributed by atoms with Crippen molar-refractivity contribution in [1.82, 2.24) is 5.48 Å². The van der Waals surface area contributed by atoms with Gasteiger partial charge in [0.1, 0.15) is 5.82 Å². The first-order valence-electron chi connectivity index (χ1n) is 4.81. The molecule has 88 valence electrons. The quantitative estimate of drug-likeness (QED) is 0.611. The number of hydroxylamine groups is 1. The van der Waals surface area contributed by atoms with Crippen LogP contribution in [0.5, 0.6) is 0 Å². The van der Waals surface area contributed by atoms with Crippen LogP contribution in [0, 0.1) is 12.7 Å². The van der Waals surface area contributed by atoms with Gasteiger partial charge < -0.3 is 4.74 Å². The van der Waals surface area contributed by atoms with Crippen LogP contribution < -0.4 is 5.48 Å². The van der Waals surface area contributed by atoms with E-state index < -0.39 is 11.7 Å². The summed E-state index contributed by atoms with van der Waals surface area (Å²) in [6.45, 7) is 2.34. The number of carbonyl (C=O) groups is 1. The summed E-state index contributed by atoms with van der Waals surface area (Å²) in [6.07, 6.45) is 0. The van der Waals surface area contributed by atoms with Gasteiger partial charge in [-0.2, -0.15) is 0 Å². The number of carbonyl (C=O) groups excluding carboxylic acids is 1. The van der Waals surface area contributed by atoms with Gasteiger partial charge in [0, 0.05) is 12.7 Å². The molecule has 0 spiro atoms. The average Bonchev–Trinajstić information content (AvgIpc) is 2.22. The summed E-state index contributed by atoms with van der Waals surface area (Å²) in [5, 5.41) is 0. The van der Waals surface area contributed by atoms with Crippen LogP contribution in [-0.2, 0) is 9.57 Å². The van der Waals surface area contributed by atoms with E-state index in [1.165, 1.54) is 13.2 Å². The summed E-state index contributed by atoms with van der Waals surface area (Å²) in [4.78, 5) is 16.3. The van der Waals surface area contributed by atoms with Gasteiger partial charge in [-0.05, 0) is 30.7 Å². The smallest absolute Gasteiger partial charge is 0.274 e. The molecule has 1 N–H and O–H groups in total. The summed E-state index contributed by atoms with van der Waals surface area (Å²) in [5.74, 6) is -0.916. The van der Waals surface area contributed by atoms with Crippen molar-refractivity contribution in [2.45, 2.75) is 6.92 Å². The summed E-state index contributed by atoms with van der Waals surface area (Å²) >= 11 is 0. The highest BCUT2D eigenvalue weighted by molar-refractivity contribution is 5.93. The summed E-state index contributed by atoms with van der Waals surface area (Å²) < 4.78 is 17.7. The van der Waals surface area contributed by atoms with Gasteiger partial charge in [0.2, 0.25) is 0 Å². The van der Waals surface area contributed by atoms with Crippen LogP contribution in [0.2, 0.25) is 0 Å². The molecule has 4 nitrogen and oxygen atoms in total. The van der Waals surface area contributed by atoms with Crippen LogP contribution in [0.4, 0.5) is 4.39 Å². The van der Waals surface area contributed by atoms with Crippen molar-refractivity contribution in [2.75, 3.05) is 20.3 Å². The van der Waals surface area contributed by atoms with Gasteiger partial charge in [0.15, 0.2) is 0 Å². The second-order valence-electron chi connectivity index (χ2n) is 3.29. The number of benzene rings is 1. The minimum absolute atomic E-state index is 0.231. The van der Waals surface area contributed by atoms with Gasteiger partial charge in [0.05, 0.1) is 13.2 Å². The second-order valence-corrected chi connectivity index (χ2v) is 3.29. The number of hydrogen-bond acceptors (Lipinski definition) is 3. The van der Waals surface area contributed by atoms with Crippen molar-refractivity contribution in [2.24, 2.45) is 0 Å². The second kappa shape index (κ2) is 6.19. The van der Waals surface area contributed by atoms with Crippen molar-refractivity contribution in [3.05, 3.63) is 35.1 Å². The van der Waals surface area contributed by atoms with Gasteiger partial charge in [-0.15, -0.1) is 0 Å². The third-order valence-electron chi connectivity index (χ3n) is 1.86. The fraction of sp³-hybridized carbons (Fsp3) is 0.364. The third kappa shape index (κ3) is 3.96. The molecule has 16 heavy (non-hydrogen) atoms. The number of aryl methyl sites for hydroxylation is 1. The van der Waals surface area contributed by atoms with E-state index in [-0.39, 0.29) is 12.2 Å². The Morgan fingerprint density at radius 3 is 2.75 bits per heavy atom. The van der Waals surface area contributed by atoms with Gasteiger partial charge in [-0.1, -0.05) is 0 Å². The lowest BCUT2D eigenvalue weighted by Gasteiger charge is -2.06. The molecule has 0 bridgehead atoms. The van der Waals surface area contributed by atoms with Crippen molar-refractivity contribution in [3.8, 4) is 0 Å². The Hall–Kier alpha value is -1.46. The third-order valence-corrected chi connectivity index (χ3v) is 1.86. The topological polar surface area (TPSA) is 47.6 Å². The zero-order valence-corrected chi connectivity index (χ0v) is 9.25. The summed E-state index contributed by atoms with van der Waals surface area (Å²) in [5.41, 5.74) is 3.12. The molecular weight excluding hydrogens is 213 g/mol. The number of nitrogens with one attached hydrogen (secondary N) is 1. The number of amides is 1. The normalized spacial score (nSPS) is 10.2. The van der Waals surface area contributed by atoms with Crippen LogP contribution in [0.25, 0.3) is 0 Å². The Morgan fingerprint density at radius 2 is 2.12 bits per heavy atom. The summed E-state index contributed by atoms with van der Waals surface area (Å²) in [6, 6.07) is 4.09. The molecule has 1 amide bonds. The molecule has 0 saturated carbocycles. The zero-order valence-electron chi connectivity index (χ0n) is 9.25. The standard InChI is InChI=1S/C11H14FNO3/c1-8-5-9(7-10(12)6-8)11(14)13-16-4-3-15-2/h5-7H,3-4H2,1-2H3,(H,13,14). The van der Waals surface area contributed by atoms with E-state index in [4.69, 9.17) is 9.57 Å². The number of hydrogen-bond donors (Lipinski definition) is 1. The Balaban J connectivity index is 2.52. The molecule has 0 aliphatic carbocycles. The van der Waals surface area contributed by atoms with Gasteiger partial charge in [0.25, 0.3) is 5.91 Å². The first kappa shape index (κ1) is 12.6. The molecule has 5 heteroatoms. The SMILES string of the molecule is COCCONC(=O)c1cc(C)cc(F)c1. The van der Waals surface area contributed by atoms with E-state index in [0.717, 1.165) is 6.07 Å². The maximum absolute atomic E-state index is 13.0. The monoisotopic (exact) mass is 227 g/mol. The number of rotatable bonds is 5. The van der Waals surface area contributed by atoms with Gasteiger partial charge >= 0.3 is 0 Å². The Labute approximate surface area is 93.3 Å². The van der Waals surface area contributed by atoms with Crippen LogP contribution in [-0.4, -0.2) is 26.2 Å². The lowest BCUT2D eigenvalue weighted by atomic mass is 10.1. The fourth-order valence-corrected chi connectivity index (χ4v) is 1.17. The average molecular weight is 227 g/mol. The van der Waals surface area contributed by atoms with E-state index >= 15 is 0 Å². The Morgan fingerprint density at radius 1 is 1.38 bits per heavy atom. The molecule has 0 aliphatic rings. The predicted molar refractivity (Wildman–Crippen MR) is 56.4 cm³/mol. The van der Waals surface area contributed by atoms with E-state index in [9.17, 15) is 9.18 Å². The summed E-state index contributed by atoms with van der Waals surface area (Å²) in [7, 11) is 1.53. The minimum atomic E-state index is -0.473. The molecule has 1 aromatic carbocycles. The molecule has 0 aliphatic heterocycles. The predicted octanol–water partition coefficient (Wildman–Crippen LogP) is 1.44. The van der Waals surface area contributed by atoms with Crippen LogP contribution in [0.1, 0.15) is 15.9 Å². The molecule has 0 saturated heterocycles. The van der Waals surface area contributed by atoms with E-state index in [1.54, 1.807) is 13.0 Å². The van der Waals surface area contributed by atoms with Crippen molar-refractivity contribution in [1.29, 1.82) is 0 Å². The maximum atomic E-state index is 13.0. The van der Waals surface area contributed by atoms with Crippen LogP contribution in [0.3, 0.4) is 0 Å². The lowest BCUT2D eigenvalue weighted by molar-refractivity contribution is 0.00886. The largest absolute Gasteiger partial charge is 0.382 e. The lowest BCUT2D eigenvalue weighted by Crippen LogP contribution is -2.25. The molecule has 0 heterocycles. The van der Waals surface area contributed by atoms with Crippen molar-refractivity contribution < 1.29 is 18.8 Å². The molecule has 1 rings (SSSR count). The van der Waals surface area contributed by atoms with Crippen LogP contribution in [0.15, 0.2) is 18.2 Å². The number of ether oxygens (including phenoxy) is 1. The van der Waals surface area contributed by atoms with Crippen LogP contribution >= 0.6 is 0 Å². The highest BCUT2D eigenvalue weighted by Crippen LogP contribution is 2.07. The zero-order chi connectivity index (χ0) is 12.0. The first-order chi connectivity index (χ1) is 7.63. The first-order valence-corrected chi connectivity index (χ1v) is 4.81. The Bertz CT molecular complexity index is 348. The van der Waals surface area contributed by atoms with E-state index in [2.05, 4.69) is 5.48 Å². The van der Waals surface area contributed by atoms with Crippen molar-refractivity contribution in [3.63, 3.8) is 0 Å². The van der Waals surface area contributed by atoms with Gasteiger partial charge in [-0.25, -0.2) is 9.87 Å². The minimum Gasteiger partial charge on any atom is -0.382 e. The maximum Gasteiger partial charge on any atom is 0.274 e. The highest BCUT2D eigenvalue weighted by atomic mass is 19.1. The Kier molecular flexibility index (Phi) is 4.88. The molecule has 1 aromatic rings. The van der Waals surface area contributed by atoms with E-state index in [0.29, 0.717) is 12.2 Å². The molecule has 0 fully saturated rings. The molecule has 0 radical (unpaired) electrons. The molecular formula is C11H14FNO3. The highest BCUT2D eigenvalue weighted by Gasteiger charge is 2.07. The van der Waals surface area contributed by atoms with Crippen molar-refractivity contribution >= 4 is 5.91 Å². The van der Waals surface area contributed by atoms with Gasteiger partial charge in [-0.3, -0.25) is 9.63 Å². The fourth-order valence-electron chi connectivity index (χ4n) is 1.17. The number of methoxy groups -OCH3 is 1. The molecule has 0 atom stereocenters.